The van der Waals surface area contributed by atoms with Crippen LogP contribution in [-0.2, 0) is 4.79 Å². The minimum absolute atomic E-state index is 0.0321. The molecule has 4 N–H and O–H groups in total. The van der Waals surface area contributed by atoms with E-state index in [0.29, 0.717) is 24.8 Å². The molecule has 4 nitrogen and oxygen atoms in total. The van der Waals surface area contributed by atoms with Crippen LogP contribution in [0.3, 0.4) is 0 Å². The van der Waals surface area contributed by atoms with Gasteiger partial charge < -0.3 is 16.2 Å². The van der Waals surface area contributed by atoms with Crippen molar-refractivity contribution in [1.82, 2.24) is 5.32 Å². The first-order valence-electron chi connectivity index (χ1n) is 7.47. The number of nitrogens with two attached hydrogens (primary N) is 1. The summed E-state index contributed by atoms with van der Waals surface area (Å²) in [5.41, 5.74) is 5.97. The maximum atomic E-state index is 11.9. The molecular formula is C15H30N2O2. The first-order chi connectivity index (χ1) is 8.84. The van der Waals surface area contributed by atoms with Crippen LogP contribution in [0, 0.1) is 17.3 Å². The van der Waals surface area contributed by atoms with E-state index in [2.05, 4.69) is 5.32 Å². The van der Waals surface area contributed by atoms with E-state index in [9.17, 15) is 9.90 Å². The zero-order chi connectivity index (χ0) is 14.5. The lowest BCUT2D eigenvalue weighted by Crippen LogP contribution is -2.42. The van der Waals surface area contributed by atoms with Gasteiger partial charge in [0.15, 0.2) is 0 Å². The molecule has 1 aliphatic carbocycles. The summed E-state index contributed by atoms with van der Waals surface area (Å²) >= 11 is 0. The van der Waals surface area contributed by atoms with E-state index in [1.807, 2.05) is 20.8 Å². The van der Waals surface area contributed by atoms with Crippen LogP contribution in [0.5, 0.6) is 0 Å². The molecular weight excluding hydrogens is 240 g/mol. The van der Waals surface area contributed by atoms with Gasteiger partial charge in [-0.2, -0.15) is 0 Å². The minimum Gasteiger partial charge on any atom is -0.396 e. The fourth-order valence-electron chi connectivity index (χ4n) is 2.62. The highest BCUT2D eigenvalue weighted by Crippen LogP contribution is 2.29. The number of carbonyl (C=O) groups is 1. The summed E-state index contributed by atoms with van der Waals surface area (Å²) < 4.78 is 0. The Kier molecular flexibility index (Phi) is 6.27. The molecule has 0 bridgehead atoms. The van der Waals surface area contributed by atoms with E-state index >= 15 is 0 Å². The van der Waals surface area contributed by atoms with Crippen LogP contribution in [0.2, 0.25) is 0 Å². The van der Waals surface area contributed by atoms with Crippen molar-refractivity contribution in [2.45, 2.75) is 58.9 Å². The number of hydrogen-bond donors (Lipinski definition) is 3. The Morgan fingerprint density at radius 3 is 2.42 bits per heavy atom. The van der Waals surface area contributed by atoms with Crippen LogP contribution in [0.4, 0.5) is 0 Å². The van der Waals surface area contributed by atoms with Gasteiger partial charge in [0.1, 0.15) is 0 Å². The molecule has 1 aliphatic rings. The highest BCUT2D eigenvalue weighted by atomic mass is 16.3. The van der Waals surface area contributed by atoms with Crippen LogP contribution in [-0.4, -0.2) is 30.2 Å². The van der Waals surface area contributed by atoms with Crippen molar-refractivity contribution in [3.63, 3.8) is 0 Å². The second-order valence-corrected chi connectivity index (χ2v) is 6.97. The van der Waals surface area contributed by atoms with Gasteiger partial charge in [0, 0.05) is 25.6 Å². The first kappa shape index (κ1) is 16.4. The standard InChI is InChI=1S/C15H30N2O2/c1-15(2,3)13(16)8-14(19)17-9-11-6-4-5-7-12(11)10-18/h11-13,18H,4-10,16H2,1-3H3,(H,17,19). The van der Waals surface area contributed by atoms with Crippen molar-refractivity contribution < 1.29 is 9.90 Å². The predicted octanol–water partition coefficient (Wildman–Crippen LogP) is 1.66. The highest BCUT2D eigenvalue weighted by Gasteiger charge is 2.26. The van der Waals surface area contributed by atoms with Gasteiger partial charge >= 0.3 is 0 Å². The molecule has 112 valence electrons. The largest absolute Gasteiger partial charge is 0.396 e. The van der Waals surface area contributed by atoms with E-state index in [-0.39, 0.29) is 24.0 Å². The van der Waals surface area contributed by atoms with Gasteiger partial charge in [0.2, 0.25) is 5.91 Å². The van der Waals surface area contributed by atoms with E-state index < -0.39 is 0 Å². The summed E-state index contributed by atoms with van der Waals surface area (Å²) in [6, 6.07) is -0.118. The van der Waals surface area contributed by atoms with Gasteiger partial charge in [-0.15, -0.1) is 0 Å². The molecule has 1 saturated carbocycles. The molecule has 19 heavy (non-hydrogen) atoms. The van der Waals surface area contributed by atoms with Gasteiger partial charge in [-0.05, 0) is 30.1 Å². The molecule has 0 radical (unpaired) electrons. The molecule has 1 fully saturated rings. The molecule has 0 aliphatic heterocycles. The SMILES string of the molecule is CC(C)(C)C(N)CC(=O)NCC1CCCCC1CO. The number of amides is 1. The molecule has 4 heteroatoms. The third-order valence-electron chi connectivity index (χ3n) is 4.38. The van der Waals surface area contributed by atoms with Gasteiger partial charge in [0.05, 0.1) is 0 Å². The lowest BCUT2D eigenvalue weighted by Gasteiger charge is -2.31. The monoisotopic (exact) mass is 270 g/mol. The third-order valence-corrected chi connectivity index (χ3v) is 4.38. The Morgan fingerprint density at radius 1 is 1.32 bits per heavy atom. The maximum Gasteiger partial charge on any atom is 0.221 e. The number of nitrogens with one attached hydrogen (secondary N) is 1. The van der Waals surface area contributed by atoms with Gasteiger partial charge in [0.25, 0.3) is 0 Å². The Labute approximate surface area is 117 Å². The summed E-state index contributed by atoms with van der Waals surface area (Å²) in [7, 11) is 0. The fourth-order valence-corrected chi connectivity index (χ4v) is 2.62. The second kappa shape index (κ2) is 7.25. The topological polar surface area (TPSA) is 75.4 Å². The molecule has 3 atom stereocenters. The van der Waals surface area contributed by atoms with Crippen molar-refractivity contribution in [3.05, 3.63) is 0 Å². The van der Waals surface area contributed by atoms with Crippen LogP contribution < -0.4 is 11.1 Å². The smallest absolute Gasteiger partial charge is 0.221 e. The van der Waals surface area contributed by atoms with Crippen LogP contribution in [0.15, 0.2) is 0 Å². The second-order valence-electron chi connectivity index (χ2n) is 6.97. The highest BCUT2D eigenvalue weighted by molar-refractivity contribution is 5.76. The zero-order valence-electron chi connectivity index (χ0n) is 12.6. The summed E-state index contributed by atoms with van der Waals surface area (Å²) in [4.78, 5) is 11.9. The summed E-state index contributed by atoms with van der Waals surface area (Å²) in [5, 5.41) is 12.3. The number of rotatable bonds is 5. The molecule has 0 saturated heterocycles. The molecule has 0 spiro atoms. The van der Waals surface area contributed by atoms with E-state index in [4.69, 9.17) is 5.73 Å². The molecule has 3 unspecified atom stereocenters. The first-order valence-corrected chi connectivity index (χ1v) is 7.47. The van der Waals surface area contributed by atoms with Crippen molar-refractivity contribution >= 4 is 5.91 Å². The summed E-state index contributed by atoms with van der Waals surface area (Å²) in [5.74, 6) is 0.809. The fraction of sp³-hybridized carbons (Fsp3) is 0.933. The number of carbonyl (C=O) groups excluding carboxylic acids is 1. The lowest BCUT2D eigenvalue weighted by atomic mass is 9.79. The van der Waals surface area contributed by atoms with Gasteiger partial charge in [-0.1, -0.05) is 33.6 Å². The van der Waals surface area contributed by atoms with Crippen LogP contribution >= 0.6 is 0 Å². The number of hydrogen-bond acceptors (Lipinski definition) is 3. The third kappa shape index (κ3) is 5.49. The van der Waals surface area contributed by atoms with Gasteiger partial charge in [-0.25, -0.2) is 0 Å². The average molecular weight is 270 g/mol. The molecule has 1 amide bonds. The summed E-state index contributed by atoms with van der Waals surface area (Å²) in [6.07, 6.45) is 4.97. The van der Waals surface area contributed by atoms with Crippen molar-refractivity contribution in [2.75, 3.05) is 13.2 Å². The van der Waals surface area contributed by atoms with Crippen LogP contribution in [0.25, 0.3) is 0 Å². The Hall–Kier alpha value is -0.610. The number of aliphatic hydroxyl groups is 1. The number of aliphatic hydroxyl groups excluding tert-OH is 1. The van der Waals surface area contributed by atoms with Crippen LogP contribution in [0.1, 0.15) is 52.9 Å². The van der Waals surface area contributed by atoms with Crippen molar-refractivity contribution in [3.8, 4) is 0 Å². The predicted molar refractivity (Wildman–Crippen MR) is 77.6 cm³/mol. The Bertz CT molecular complexity index is 286. The minimum atomic E-state index is -0.118. The normalized spacial score (nSPS) is 25.9. The van der Waals surface area contributed by atoms with E-state index in [0.717, 1.165) is 12.8 Å². The Balaban J connectivity index is 2.33. The summed E-state index contributed by atoms with van der Waals surface area (Å²) in [6.45, 7) is 7.07. The molecule has 0 heterocycles. The molecule has 0 aromatic heterocycles. The average Bonchev–Trinajstić information content (AvgIpc) is 2.35. The zero-order valence-corrected chi connectivity index (χ0v) is 12.6. The Morgan fingerprint density at radius 2 is 1.89 bits per heavy atom. The molecule has 1 rings (SSSR count). The molecule has 0 aromatic rings. The maximum absolute atomic E-state index is 11.9. The van der Waals surface area contributed by atoms with Gasteiger partial charge in [-0.3, -0.25) is 4.79 Å². The lowest BCUT2D eigenvalue weighted by molar-refractivity contribution is -0.122. The molecule has 0 aromatic carbocycles. The van der Waals surface area contributed by atoms with Crippen molar-refractivity contribution in [1.29, 1.82) is 0 Å². The van der Waals surface area contributed by atoms with E-state index in [1.54, 1.807) is 0 Å². The quantitative estimate of drug-likeness (QED) is 0.711. The van der Waals surface area contributed by atoms with Crippen molar-refractivity contribution in [2.24, 2.45) is 23.0 Å². The van der Waals surface area contributed by atoms with E-state index in [1.165, 1.54) is 12.8 Å².